The molecule has 1 aromatic carbocycles. The molecule has 1 unspecified atom stereocenters. The molecule has 84 valence electrons. The summed E-state index contributed by atoms with van der Waals surface area (Å²) in [5, 5.41) is 0. The quantitative estimate of drug-likeness (QED) is 0.723. The zero-order valence-corrected chi connectivity index (χ0v) is 9.53. The molecule has 0 saturated heterocycles. The molecule has 2 heteroatoms. The second-order valence-electron chi connectivity index (χ2n) is 3.92. The second-order valence-corrected chi connectivity index (χ2v) is 3.92. The highest BCUT2D eigenvalue weighted by Gasteiger charge is 2.15. The first-order valence-electron chi connectivity index (χ1n) is 5.68. The molecule has 0 aliphatic carbocycles. The summed E-state index contributed by atoms with van der Waals surface area (Å²) in [6.07, 6.45) is 7.19. The summed E-state index contributed by atoms with van der Waals surface area (Å²) in [7, 11) is 0. The van der Waals surface area contributed by atoms with Crippen LogP contribution in [0.5, 0.6) is 11.5 Å². The summed E-state index contributed by atoms with van der Waals surface area (Å²) < 4.78 is 11.0. The molecule has 1 heterocycles. The van der Waals surface area contributed by atoms with Gasteiger partial charge in [-0.1, -0.05) is 13.0 Å². The van der Waals surface area contributed by atoms with Gasteiger partial charge >= 0.3 is 0 Å². The molecule has 0 amide bonds. The molecule has 1 aromatic rings. The zero-order valence-electron chi connectivity index (χ0n) is 9.53. The molecule has 0 fully saturated rings. The molecule has 0 N–H and O–H groups in total. The summed E-state index contributed by atoms with van der Waals surface area (Å²) in [5.74, 6) is 4.83. The fourth-order valence-electron chi connectivity index (χ4n) is 1.95. The summed E-state index contributed by atoms with van der Waals surface area (Å²) in [5.41, 5.74) is 1.24. The number of ether oxygens (including phenoxy) is 2. The monoisotopic (exact) mass is 216 g/mol. The van der Waals surface area contributed by atoms with Gasteiger partial charge in [-0.3, -0.25) is 0 Å². The Morgan fingerprint density at radius 2 is 2.06 bits per heavy atom. The number of fused-ring (bicyclic) bond motifs is 1. The van der Waals surface area contributed by atoms with E-state index in [-0.39, 0.29) is 0 Å². The number of hydrogen-bond donors (Lipinski definition) is 0. The van der Waals surface area contributed by atoms with E-state index in [4.69, 9.17) is 15.9 Å². The first-order valence-corrected chi connectivity index (χ1v) is 5.68. The Morgan fingerprint density at radius 3 is 2.75 bits per heavy atom. The van der Waals surface area contributed by atoms with Crippen LogP contribution in [0.15, 0.2) is 18.2 Å². The molecule has 1 aliphatic heterocycles. The Bertz CT molecular complexity index is 404. The maximum Gasteiger partial charge on any atom is 0.161 e. The summed E-state index contributed by atoms with van der Waals surface area (Å²) in [4.78, 5) is 0. The largest absolute Gasteiger partial charge is 0.486 e. The minimum absolute atomic E-state index is 0.417. The average molecular weight is 216 g/mol. The fourth-order valence-corrected chi connectivity index (χ4v) is 1.95. The van der Waals surface area contributed by atoms with E-state index in [0.29, 0.717) is 19.1 Å². The lowest BCUT2D eigenvalue weighted by molar-refractivity contribution is 0.171. The summed E-state index contributed by atoms with van der Waals surface area (Å²) in [6, 6.07) is 6.11. The van der Waals surface area contributed by atoms with E-state index < -0.39 is 0 Å². The molecule has 0 spiro atoms. The van der Waals surface area contributed by atoms with Crippen molar-refractivity contribution in [2.24, 2.45) is 0 Å². The predicted molar refractivity (Wildman–Crippen MR) is 63.9 cm³/mol. The van der Waals surface area contributed by atoms with Crippen LogP contribution in [0, 0.1) is 12.3 Å². The van der Waals surface area contributed by atoms with Crippen molar-refractivity contribution in [3.8, 4) is 23.8 Å². The van der Waals surface area contributed by atoms with E-state index >= 15 is 0 Å². The van der Waals surface area contributed by atoms with Gasteiger partial charge in [0.2, 0.25) is 0 Å². The number of hydrogen-bond acceptors (Lipinski definition) is 2. The molecule has 0 aromatic heterocycles. The van der Waals surface area contributed by atoms with Crippen LogP contribution in [0.25, 0.3) is 0 Å². The highest BCUT2D eigenvalue weighted by Crippen LogP contribution is 2.34. The van der Waals surface area contributed by atoms with E-state index in [1.54, 1.807) is 0 Å². The first-order chi connectivity index (χ1) is 7.85. The van der Waals surface area contributed by atoms with E-state index in [9.17, 15) is 0 Å². The van der Waals surface area contributed by atoms with Gasteiger partial charge in [0, 0.05) is 6.42 Å². The van der Waals surface area contributed by atoms with Gasteiger partial charge in [0.05, 0.1) is 0 Å². The topological polar surface area (TPSA) is 18.5 Å². The Morgan fingerprint density at radius 1 is 1.31 bits per heavy atom. The SMILES string of the molecule is C#CCC(CC)c1ccc2c(c1)OCCO2. The van der Waals surface area contributed by atoms with E-state index in [1.165, 1.54) is 5.56 Å². The molecular weight excluding hydrogens is 200 g/mol. The molecule has 0 bridgehead atoms. The van der Waals surface area contributed by atoms with Gasteiger partial charge in [-0.25, -0.2) is 0 Å². The Labute approximate surface area is 96.6 Å². The van der Waals surface area contributed by atoms with Crippen molar-refractivity contribution in [1.82, 2.24) is 0 Å². The maximum atomic E-state index is 5.56. The Kier molecular flexibility index (Phi) is 3.36. The van der Waals surface area contributed by atoms with Crippen LogP contribution < -0.4 is 9.47 Å². The third-order valence-corrected chi connectivity index (χ3v) is 2.89. The normalized spacial score (nSPS) is 15.2. The van der Waals surface area contributed by atoms with Crippen LogP contribution in [0.3, 0.4) is 0 Å². The molecule has 2 nitrogen and oxygen atoms in total. The highest BCUT2D eigenvalue weighted by atomic mass is 16.6. The summed E-state index contributed by atoms with van der Waals surface area (Å²) in [6.45, 7) is 3.41. The minimum atomic E-state index is 0.417. The Balaban J connectivity index is 2.25. The fraction of sp³-hybridized carbons (Fsp3) is 0.429. The van der Waals surface area contributed by atoms with Crippen molar-refractivity contribution >= 4 is 0 Å². The lowest BCUT2D eigenvalue weighted by Gasteiger charge is -2.20. The van der Waals surface area contributed by atoms with Crippen molar-refractivity contribution in [2.75, 3.05) is 13.2 Å². The average Bonchev–Trinajstić information content (AvgIpc) is 2.35. The first kappa shape index (κ1) is 10.9. The van der Waals surface area contributed by atoms with Crippen LogP contribution >= 0.6 is 0 Å². The van der Waals surface area contributed by atoms with Gasteiger partial charge in [-0.05, 0) is 30.0 Å². The number of terminal acetylenes is 1. The molecule has 1 atom stereocenters. The lowest BCUT2D eigenvalue weighted by Crippen LogP contribution is -2.15. The van der Waals surface area contributed by atoms with Crippen LogP contribution in [-0.2, 0) is 0 Å². The van der Waals surface area contributed by atoms with E-state index in [2.05, 4.69) is 25.0 Å². The highest BCUT2D eigenvalue weighted by molar-refractivity contribution is 5.44. The third kappa shape index (κ3) is 2.14. The third-order valence-electron chi connectivity index (χ3n) is 2.89. The number of rotatable bonds is 3. The molecular formula is C14H16O2. The van der Waals surface area contributed by atoms with E-state index in [1.807, 2.05) is 6.07 Å². The lowest BCUT2D eigenvalue weighted by atomic mass is 9.93. The van der Waals surface area contributed by atoms with Crippen molar-refractivity contribution in [3.05, 3.63) is 23.8 Å². The van der Waals surface area contributed by atoms with Crippen LogP contribution in [-0.4, -0.2) is 13.2 Å². The molecule has 0 radical (unpaired) electrons. The van der Waals surface area contributed by atoms with Crippen LogP contribution in [0.1, 0.15) is 31.2 Å². The Hall–Kier alpha value is -1.62. The standard InChI is InChI=1S/C14H16O2/c1-3-5-11(4-2)12-6-7-13-14(10-12)16-9-8-15-13/h1,6-7,10-11H,4-5,8-9H2,2H3. The molecule has 16 heavy (non-hydrogen) atoms. The molecule has 0 saturated carbocycles. The van der Waals surface area contributed by atoms with Crippen LogP contribution in [0.4, 0.5) is 0 Å². The van der Waals surface area contributed by atoms with Gasteiger partial charge in [0.1, 0.15) is 13.2 Å². The maximum absolute atomic E-state index is 5.56. The van der Waals surface area contributed by atoms with E-state index in [0.717, 1.165) is 24.3 Å². The molecule has 2 rings (SSSR count). The van der Waals surface area contributed by atoms with Gasteiger partial charge in [-0.15, -0.1) is 12.3 Å². The molecule has 1 aliphatic rings. The zero-order chi connectivity index (χ0) is 11.4. The number of benzene rings is 1. The van der Waals surface area contributed by atoms with Crippen molar-refractivity contribution < 1.29 is 9.47 Å². The second kappa shape index (κ2) is 4.94. The predicted octanol–water partition coefficient (Wildman–Crippen LogP) is 2.97. The van der Waals surface area contributed by atoms with Gasteiger partial charge in [0.15, 0.2) is 11.5 Å². The van der Waals surface area contributed by atoms with Gasteiger partial charge in [0.25, 0.3) is 0 Å². The van der Waals surface area contributed by atoms with Crippen molar-refractivity contribution in [1.29, 1.82) is 0 Å². The summed E-state index contributed by atoms with van der Waals surface area (Å²) >= 11 is 0. The van der Waals surface area contributed by atoms with Crippen molar-refractivity contribution in [2.45, 2.75) is 25.7 Å². The van der Waals surface area contributed by atoms with Gasteiger partial charge in [-0.2, -0.15) is 0 Å². The van der Waals surface area contributed by atoms with Crippen molar-refractivity contribution in [3.63, 3.8) is 0 Å². The van der Waals surface area contributed by atoms with Crippen LogP contribution in [0.2, 0.25) is 0 Å². The smallest absolute Gasteiger partial charge is 0.161 e. The van der Waals surface area contributed by atoms with Gasteiger partial charge < -0.3 is 9.47 Å². The minimum Gasteiger partial charge on any atom is -0.486 e.